The van der Waals surface area contributed by atoms with E-state index in [1.165, 1.54) is 12.1 Å². The number of aromatic nitrogens is 1. The summed E-state index contributed by atoms with van der Waals surface area (Å²) < 4.78 is 19.0. The van der Waals surface area contributed by atoms with E-state index < -0.39 is 0 Å². The highest BCUT2D eigenvalue weighted by Gasteiger charge is 2.44. The molecule has 0 atom stereocenters. The quantitative estimate of drug-likeness (QED) is 0.778. The zero-order valence-electron chi connectivity index (χ0n) is 16.0. The van der Waals surface area contributed by atoms with Crippen LogP contribution < -0.4 is 15.0 Å². The maximum Gasteiger partial charge on any atom is 0.270 e. The predicted molar refractivity (Wildman–Crippen MR) is 106 cm³/mol. The summed E-state index contributed by atoms with van der Waals surface area (Å²) in [6, 6.07) is 8.26. The third-order valence-electron chi connectivity index (χ3n) is 5.40. The van der Waals surface area contributed by atoms with E-state index >= 15 is 0 Å². The Morgan fingerprint density at radius 1 is 1.29 bits per heavy atom. The van der Waals surface area contributed by atoms with Crippen LogP contribution in [0.15, 0.2) is 48.7 Å². The molecular formula is C22H24FN3O2. The summed E-state index contributed by atoms with van der Waals surface area (Å²) in [6.45, 7) is 1.78. The Balaban J connectivity index is 1.48. The standard InChI is InChI=1S/C22H24FN3O2/c1-28-20-6-5-17(23)13-16(20)15-22(8-9-22)25-21(27)19-14-18(7-10-24-19)26-11-3-2-4-12-26/h2-3,5-7,10,13-14H,4,8-9,11-12,15H2,1H3,(H,25,27). The Labute approximate surface area is 164 Å². The SMILES string of the molecule is COc1ccc(F)cc1CC1(NC(=O)c2cc(N3CC=CCC3)ccn2)CC1. The smallest absolute Gasteiger partial charge is 0.270 e. The second-order valence-corrected chi connectivity index (χ2v) is 7.47. The first-order valence-corrected chi connectivity index (χ1v) is 9.59. The Hall–Kier alpha value is -2.89. The minimum Gasteiger partial charge on any atom is -0.496 e. The van der Waals surface area contributed by atoms with Gasteiger partial charge in [0, 0.05) is 30.5 Å². The van der Waals surface area contributed by atoms with Crippen LogP contribution in [-0.4, -0.2) is 36.6 Å². The van der Waals surface area contributed by atoms with E-state index in [9.17, 15) is 9.18 Å². The van der Waals surface area contributed by atoms with Gasteiger partial charge < -0.3 is 15.0 Å². The molecule has 1 fully saturated rings. The number of ether oxygens (including phenoxy) is 1. The highest BCUT2D eigenvalue weighted by molar-refractivity contribution is 5.94. The molecule has 0 spiro atoms. The molecule has 6 heteroatoms. The molecule has 4 rings (SSSR count). The van der Waals surface area contributed by atoms with Crippen molar-refractivity contribution < 1.29 is 13.9 Å². The van der Waals surface area contributed by atoms with Gasteiger partial charge in [-0.1, -0.05) is 12.2 Å². The summed E-state index contributed by atoms with van der Waals surface area (Å²) in [5, 5.41) is 3.12. The highest BCUT2D eigenvalue weighted by atomic mass is 19.1. The van der Waals surface area contributed by atoms with Gasteiger partial charge >= 0.3 is 0 Å². The number of pyridine rings is 1. The minimum atomic E-state index is -0.357. The number of hydrogen-bond acceptors (Lipinski definition) is 4. The molecule has 1 aromatic carbocycles. The Bertz CT molecular complexity index is 908. The highest BCUT2D eigenvalue weighted by Crippen LogP contribution is 2.40. The van der Waals surface area contributed by atoms with Gasteiger partial charge in [-0.3, -0.25) is 9.78 Å². The number of methoxy groups -OCH3 is 1. The fourth-order valence-electron chi connectivity index (χ4n) is 3.67. The number of halogens is 1. The maximum atomic E-state index is 13.7. The van der Waals surface area contributed by atoms with Gasteiger partial charge in [-0.25, -0.2) is 4.39 Å². The van der Waals surface area contributed by atoms with Gasteiger partial charge in [0.05, 0.1) is 7.11 Å². The Kier molecular flexibility index (Phi) is 5.03. The van der Waals surface area contributed by atoms with Crippen LogP contribution in [0.5, 0.6) is 5.75 Å². The van der Waals surface area contributed by atoms with Crippen molar-refractivity contribution in [1.82, 2.24) is 10.3 Å². The minimum absolute atomic E-state index is 0.192. The number of carbonyl (C=O) groups excluding carboxylic acids is 1. The number of carbonyl (C=O) groups is 1. The van der Waals surface area contributed by atoms with E-state index in [1.54, 1.807) is 19.4 Å². The Morgan fingerprint density at radius 2 is 2.14 bits per heavy atom. The van der Waals surface area contributed by atoms with E-state index in [1.807, 2.05) is 12.1 Å². The molecule has 0 unspecified atom stereocenters. The van der Waals surface area contributed by atoms with E-state index in [4.69, 9.17) is 4.74 Å². The third-order valence-corrected chi connectivity index (χ3v) is 5.40. The first-order valence-electron chi connectivity index (χ1n) is 9.59. The van der Waals surface area contributed by atoms with Gasteiger partial charge in [-0.15, -0.1) is 0 Å². The normalized spacial score (nSPS) is 17.3. The topological polar surface area (TPSA) is 54.5 Å². The van der Waals surface area contributed by atoms with Crippen molar-refractivity contribution in [1.29, 1.82) is 0 Å². The van der Waals surface area contributed by atoms with Gasteiger partial charge in [-0.2, -0.15) is 0 Å². The number of anilines is 1. The van der Waals surface area contributed by atoms with Crippen molar-refractivity contribution in [3.63, 3.8) is 0 Å². The summed E-state index contributed by atoms with van der Waals surface area (Å²) in [6.07, 6.45) is 9.23. The molecular weight excluding hydrogens is 357 g/mol. The molecule has 2 aromatic rings. The van der Waals surface area contributed by atoms with Crippen LogP contribution in [0.25, 0.3) is 0 Å². The monoisotopic (exact) mass is 381 g/mol. The van der Waals surface area contributed by atoms with Gasteiger partial charge in [-0.05, 0) is 61.6 Å². The lowest BCUT2D eigenvalue weighted by molar-refractivity contribution is 0.0926. The van der Waals surface area contributed by atoms with E-state index in [0.29, 0.717) is 17.9 Å². The van der Waals surface area contributed by atoms with Gasteiger partial charge in [0.25, 0.3) is 5.91 Å². The van der Waals surface area contributed by atoms with Gasteiger partial charge in [0.2, 0.25) is 0 Å². The van der Waals surface area contributed by atoms with Crippen molar-refractivity contribution in [2.75, 3.05) is 25.1 Å². The van der Waals surface area contributed by atoms with Crippen LogP contribution in [0.4, 0.5) is 10.1 Å². The zero-order valence-corrected chi connectivity index (χ0v) is 16.0. The molecule has 2 aliphatic rings. The van der Waals surface area contributed by atoms with Crippen molar-refractivity contribution >= 4 is 11.6 Å². The van der Waals surface area contributed by atoms with Crippen LogP contribution in [-0.2, 0) is 6.42 Å². The number of hydrogen-bond donors (Lipinski definition) is 1. The van der Waals surface area contributed by atoms with Crippen molar-refractivity contribution in [3.05, 3.63) is 65.8 Å². The molecule has 146 valence electrons. The lowest BCUT2D eigenvalue weighted by atomic mass is 10.0. The van der Waals surface area contributed by atoms with Gasteiger partial charge in [0.1, 0.15) is 17.3 Å². The second kappa shape index (κ2) is 7.62. The number of rotatable bonds is 6. The average molecular weight is 381 g/mol. The average Bonchev–Trinajstić information content (AvgIpc) is 3.47. The molecule has 0 saturated heterocycles. The molecule has 1 aliphatic carbocycles. The summed E-state index contributed by atoms with van der Waals surface area (Å²) in [7, 11) is 1.57. The van der Waals surface area contributed by atoms with E-state index in [0.717, 1.165) is 43.6 Å². The number of nitrogens with zero attached hydrogens (tertiary/aromatic N) is 2. The molecule has 1 aromatic heterocycles. The van der Waals surface area contributed by atoms with Crippen LogP contribution in [0.2, 0.25) is 0 Å². The molecule has 28 heavy (non-hydrogen) atoms. The molecule has 1 N–H and O–H groups in total. The van der Waals surface area contributed by atoms with Crippen LogP contribution in [0.1, 0.15) is 35.3 Å². The number of amides is 1. The van der Waals surface area contributed by atoms with Crippen LogP contribution in [0.3, 0.4) is 0 Å². The van der Waals surface area contributed by atoms with Crippen LogP contribution >= 0.6 is 0 Å². The molecule has 0 bridgehead atoms. The fraction of sp³-hybridized carbons (Fsp3) is 0.364. The van der Waals surface area contributed by atoms with E-state index in [-0.39, 0.29) is 17.3 Å². The van der Waals surface area contributed by atoms with E-state index in [2.05, 4.69) is 27.4 Å². The lowest BCUT2D eigenvalue weighted by Gasteiger charge is -2.26. The van der Waals surface area contributed by atoms with Crippen molar-refractivity contribution in [2.24, 2.45) is 0 Å². The van der Waals surface area contributed by atoms with Gasteiger partial charge in [0.15, 0.2) is 0 Å². The molecule has 5 nitrogen and oxygen atoms in total. The second-order valence-electron chi connectivity index (χ2n) is 7.47. The molecule has 0 radical (unpaired) electrons. The summed E-state index contributed by atoms with van der Waals surface area (Å²) in [5.74, 6) is 0.144. The largest absolute Gasteiger partial charge is 0.496 e. The first-order chi connectivity index (χ1) is 13.6. The summed E-state index contributed by atoms with van der Waals surface area (Å²) in [4.78, 5) is 19.3. The predicted octanol–water partition coefficient (Wildman–Crippen LogP) is 3.50. The maximum absolute atomic E-state index is 13.7. The Morgan fingerprint density at radius 3 is 2.86 bits per heavy atom. The lowest BCUT2D eigenvalue weighted by Crippen LogP contribution is -2.39. The molecule has 2 heterocycles. The summed E-state index contributed by atoms with van der Waals surface area (Å²) >= 11 is 0. The van der Waals surface area contributed by atoms with Crippen LogP contribution in [0, 0.1) is 5.82 Å². The van der Waals surface area contributed by atoms with Crippen molar-refractivity contribution in [2.45, 2.75) is 31.2 Å². The first kappa shape index (κ1) is 18.5. The number of nitrogens with one attached hydrogen (secondary N) is 1. The third kappa shape index (κ3) is 4.01. The summed E-state index contributed by atoms with van der Waals surface area (Å²) in [5.41, 5.74) is 1.82. The molecule has 1 amide bonds. The molecule has 1 aliphatic heterocycles. The fourth-order valence-corrected chi connectivity index (χ4v) is 3.67. The molecule has 1 saturated carbocycles. The number of benzene rings is 1. The zero-order chi connectivity index (χ0) is 19.6. The van der Waals surface area contributed by atoms with Crippen molar-refractivity contribution in [3.8, 4) is 5.75 Å².